The van der Waals surface area contributed by atoms with E-state index in [1.165, 1.54) is 0 Å². The van der Waals surface area contributed by atoms with Crippen LogP contribution >= 0.6 is 24.0 Å². The molecule has 110 valence electrons. The normalized spacial score (nSPS) is 18.4. The van der Waals surface area contributed by atoms with Gasteiger partial charge in [0.1, 0.15) is 4.32 Å². The molecular formula is C15H14NO3S2-. The summed E-state index contributed by atoms with van der Waals surface area (Å²) in [6.45, 7) is 3.65. The van der Waals surface area contributed by atoms with Crippen LogP contribution in [0.1, 0.15) is 24.5 Å². The number of carboxylic acids is 1. The Morgan fingerprint density at radius 2 is 2.24 bits per heavy atom. The zero-order valence-corrected chi connectivity index (χ0v) is 13.3. The molecule has 2 rings (SSSR count). The highest BCUT2D eigenvalue weighted by Crippen LogP contribution is 2.34. The standard InChI is InChI=1S/C15H15NO3S2/c1-3-11(14(18)19)16-13(17)12(21-15(16)20)8-10-6-4-5-9(2)7-10/h4-8,11H,3H2,1-2H3,(H,18,19)/p-1/b12-8-/t11-/m0/s1. The Bertz CT molecular complexity index is 640. The van der Waals surface area contributed by atoms with E-state index in [0.29, 0.717) is 4.91 Å². The van der Waals surface area contributed by atoms with Crippen LogP contribution in [0.5, 0.6) is 0 Å². The van der Waals surface area contributed by atoms with Gasteiger partial charge in [0.25, 0.3) is 5.91 Å². The Morgan fingerprint density at radius 3 is 2.81 bits per heavy atom. The predicted octanol–water partition coefficient (Wildman–Crippen LogP) is 1.72. The third-order valence-corrected chi connectivity index (χ3v) is 4.46. The first-order chi connectivity index (χ1) is 9.93. The molecule has 0 aromatic heterocycles. The summed E-state index contributed by atoms with van der Waals surface area (Å²) in [5, 5.41) is 11.1. The number of amides is 1. The molecule has 1 atom stereocenters. The van der Waals surface area contributed by atoms with Crippen LogP contribution in [-0.2, 0) is 9.59 Å². The van der Waals surface area contributed by atoms with E-state index in [0.717, 1.165) is 27.8 Å². The van der Waals surface area contributed by atoms with Crippen LogP contribution < -0.4 is 5.11 Å². The van der Waals surface area contributed by atoms with Crippen molar-refractivity contribution in [2.75, 3.05) is 0 Å². The number of carboxylic acid groups (broad SMARTS) is 1. The van der Waals surface area contributed by atoms with E-state index in [2.05, 4.69) is 0 Å². The van der Waals surface area contributed by atoms with Crippen molar-refractivity contribution < 1.29 is 14.7 Å². The summed E-state index contributed by atoms with van der Waals surface area (Å²) in [6.07, 6.45) is 1.99. The van der Waals surface area contributed by atoms with Crippen LogP contribution in [-0.4, -0.2) is 27.1 Å². The number of nitrogens with zero attached hydrogens (tertiary/aromatic N) is 1. The van der Waals surface area contributed by atoms with Gasteiger partial charge in [0.05, 0.1) is 16.9 Å². The molecule has 1 aliphatic rings. The van der Waals surface area contributed by atoms with Crippen molar-refractivity contribution in [1.82, 2.24) is 4.90 Å². The molecule has 0 saturated carbocycles. The van der Waals surface area contributed by atoms with E-state index in [4.69, 9.17) is 12.2 Å². The maximum Gasteiger partial charge on any atom is 0.266 e. The molecule has 0 unspecified atom stereocenters. The van der Waals surface area contributed by atoms with Gasteiger partial charge in [0.15, 0.2) is 0 Å². The summed E-state index contributed by atoms with van der Waals surface area (Å²) < 4.78 is 0.259. The Balaban J connectivity index is 2.31. The number of thiocarbonyl (C=S) groups is 1. The number of thioether (sulfide) groups is 1. The van der Waals surface area contributed by atoms with Crippen LogP contribution in [0.15, 0.2) is 29.2 Å². The lowest BCUT2D eigenvalue weighted by Crippen LogP contribution is -2.49. The van der Waals surface area contributed by atoms with E-state index in [-0.39, 0.29) is 16.6 Å². The molecule has 1 fully saturated rings. The second-order valence-corrected chi connectivity index (χ2v) is 6.38. The molecule has 0 aliphatic carbocycles. The molecule has 0 radical (unpaired) electrons. The van der Waals surface area contributed by atoms with E-state index < -0.39 is 12.0 Å². The minimum Gasteiger partial charge on any atom is -0.548 e. The van der Waals surface area contributed by atoms with Gasteiger partial charge in [-0.15, -0.1) is 0 Å². The smallest absolute Gasteiger partial charge is 0.266 e. The minimum atomic E-state index is -1.29. The lowest BCUT2D eigenvalue weighted by molar-refractivity contribution is -0.310. The third kappa shape index (κ3) is 3.33. The Kier molecular flexibility index (Phi) is 4.80. The maximum absolute atomic E-state index is 12.4. The van der Waals surface area contributed by atoms with Crippen molar-refractivity contribution >= 4 is 46.3 Å². The molecule has 4 nitrogen and oxygen atoms in total. The molecule has 1 saturated heterocycles. The van der Waals surface area contributed by atoms with Crippen molar-refractivity contribution in [3.8, 4) is 0 Å². The van der Waals surface area contributed by atoms with Gasteiger partial charge in [-0.05, 0) is 25.0 Å². The number of aliphatic carboxylic acids is 1. The van der Waals surface area contributed by atoms with Gasteiger partial charge in [-0.25, -0.2) is 0 Å². The summed E-state index contributed by atoms with van der Waals surface area (Å²) in [5.41, 5.74) is 1.97. The monoisotopic (exact) mass is 320 g/mol. The largest absolute Gasteiger partial charge is 0.548 e. The fourth-order valence-electron chi connectivity index (χ4n) is 2.11. The quantitative estimate of drug-likeness (QED) is 0.624. The molecule has 1 amide bonds. The average Bonchev–Trinajstić information content (AvgIpc) is 2.67. The molecule has 1 aliphatic heterocycles. The molecule has 1 aromatic carbocycles. The fraction of sp³-hybridized carbons (Fsp3) is 0.267. The third-order valence-electron chi connectivity index (χ3n) is 3.13. The summed E-state index contributed by atoms with van der Waals surface area (Å²) in [6, 6.07) is 6.68. The fourth-order valence-corrected chi connectivity index (χ4v) is 3.47. The Hall–Kier alpha value is -1.66. The molecular weight excluding hydrogens is 306 g/mol. The summed E-state index contributed by atoms with van der Waals surface area (Å²) >= 11 is 6.26. The average molecular weight is 320 g/mol. The molecule has 1 aromatic rings. The lowest BCUT2D eigenvalue weighted by Gasteiger charge is -2.26. The van der Waals surface area contributed by atoms with Gasteiger partial charge in [-0.3, -0.25) is 9.69 Å². The number of carbonyl (C=O) groups is 2. The zero-order chi connectivity index (χ0) is 15.6. The van der Waals surface area contributed by atoms with Gasteiger partial charge in [0, 0.05) is 0 Å². The SMILES string of the molecule is CC[C@@H](C(=O)[O-])N1C(=O)/C(=C/c2cccc(C)c2)SC1=S. The van der Waals surface area contributed by atoms with E-state index in [9.17, 15) is 14.7 Å². The Labute approximate surface area is 132 Å². The topological polar surface area (TPSA) is 60.4 Å². The number of rotatable bonds is 4. The lowest BCUT2D eigenvalue weighted by atomic mass is 10.1. The highest BCUT2D eigenvalue weighted by Gasteiger charge is 2.36. The van der Waals surface area contributed by atoms with Gasteiger partial charge >= 0.3 is 0 Å². The van der Waals surface area contributed by atoms with Gasteiger partial charge < -0.3 is 9.90 Å². The van der Waals surface area contributed by atoms with Crippen LogP contribution in [0.3, 0.4) is 0 Å². The van der Waals surface area contributed by atoms with E-state index in [1.807, 2.05) is 31.2 Å². The maximum atomic E-state index is 12.4. The summed E-state index contributed by atoms with van der Waals surface area (Å²) in [5.74, 6) is -1.66. The van der Waals surface area contributed by atoms with Crippen molar-refractivity contribution in [3.05, 3.63) is 40.3 Å². The molecule has 0 spiro atoms. The highest BCUT2D eigenvalue weighted by atomic mass is 32.2. The Morgan fingerprint density at radius 1 is 1.52 bits per heavy atom. The van der Waals surface area contributed by atoms with E-state index in [1.54, 1.807) is 13.0 Å². The number of carbonyl (C=O) groups excluding carboxylic acids is 2. The van der Waals surface area contributed by atoms with Crippen molar-refractivity contribution in [1.29, 1.82) is 0 Å². The van der Waals surface area contributed by atoms with Crippen molar-refractivity contribution in [2.24, 2.45) is 0 Å². The number of hydrogen-bond acceptors (Lipinski definition) is 5. The predicted molar refractivity (Wildman–Crippen MR) is 85.3 cm³/mol. The van der Waals surface area contributed by atoms with Crippen LogP contribution in [0.25, 0.3) is 6.08 Å². The molecule has 0 N–H and O–H groups in total. The van der Waals surface area contributed by atoms with E-state index >= 15 is 0 Å². The number of aryl methyl sites for hydroxylation is 1. The van der Waals surface area contributed by atoms with Crippen LogP contribution in [0, 0.1) is 6.92 Å². The zero-order valence-electron chi connectivity index (χ0n) is 11.7. The first-order valence-electron chi connectivity index (χ1n) is 6.48. The van der Waals surface area contributed by atoms with Crippen molar-refractivity contribution in [2.45, 2.75) is 26.3 Å². The van der Waals surface area contributed by atoms with Crippen LogP contribution in [0.2, 0.25) is 0 Å². The van der Waals surface area contributed by atoms with Crippen molar-refractivity contribution in [3.63, 3.8) is 0 Å². The second kappa shape index (κ2) is 6.41. The molecule has 0 bridgehead atoms. The van der Waals surface area contributed by atoms with Gasteiger partial charge in [-0.1, -0.05) is 60.7 Å². The minimum absolute atomic E-state index is 0.256. The molecule has 1 heterocycles. The van der Waals surface area contributed by atoms with Gasteiger partial charge in [0.2, 0.25) is 0 Å². The highest BCUT2D eigenvalue weighted by molar-refractivity contribution is 8.26. The number of benzene rings is 1. The summed E-state index contributed by atoms with van der Waals surface area (Å²) in [7, 11) is 0. The van der Waals surface area contributed by atoms with Gasteiger partial charge in [-0.2, -0.15) is 0 Å². The molecule has 6 heteroatoms. The number of hydrogen-bond donors (Lipinski definition) is 0. The van der Waals surface area contributed by atoms with Crippen LogP contribution in [0.4, 0.5) is 0 Å². The second-order valence-electron chi connectivity index (χ2n) is 4.71. The first kappa shape index (κ1) is 15.7. The molecule has 21 heavy (non-hydrogen) atoms. The first-order valence-corrected chi connectivity index (χ1v) is 7.71. The summed E-state index contributed by atoms with van der Waals surface area (Å²) in [4.78, 5) is 25.1.